The van der Waals surface area contributed by atoms with Crippen LogP contribution in [-0.4, -0.2) is 25.0 Å². The third-order valence-corrected chi connectivity index (χ3v) is 3.12. The Bertz CT molecular complexity index is 636. The highest BCUT2D eigenvalue weighted by Crippen LogP contribution is 2.16. The van der Waals surface area contributed by atoms with Crippen molar-refractivity contribution in [3.8, 4) is 0 Å². The third kappa shape index (κ3) is 3.35. The summed E-state index contributed by atoms with van der Waals surface area (Å²) in [5.74, 6) is -0.686. The number of carbonyl (C=O) groups excluding carboxylic acids is 2. The Morgan fingerprint density at radius 2 is 1.85 bits per heavy atom. The van der Waals surface area contributed by atoms with Crippen molar-refractivity contribution in [2.45, 2.75) is 19.4 Å². The van der Waals surface area contributed by atoms with E-state index in [0.717, 1.165) is 16.3 Å². The van der Waals surface area contributed by atoms with E-state index in [0.29, 0.717) is 6.42 Å². The average Bonchev–Trinajstić information content (AvgIpc) is 2.45. The summed E-state index contributed by atoms with van der Waals surface area (Å²) in [5, 5.41) is 4.87. The van der Waals surface area contributed by atoms with E-state index in [9.17, 15) is 9.59 Å². The third-order valence-electron chi connectivity index (χ3n) is 3.12. The van der Waals surface area contributed by atoms with Crippen molar-refractivity contribution >= 4 is 22.6 Å². The number of hydrogen-bond donors (Lipinski definition) is 1. The molecule has 0 spiro atoms. The van der Waals surface area contributed by atoms with Crippen LogP contribution in [0, 0.1) is 0 Å². The van der Waals surface area contributed by atoms with Crippen molar-refractivity contribution in [1.82, 2.24) is 5.32 Å². The van der Waals surface area contributed by atoms with Gasteiger partial charge in [-0.2, -0.15) is 0 Å². The van der Waals surface area contributed by atoms with E-state index in [1.54, 1.807) is 0 Å². The second-order valence-corrected chi connectivity index (χ2v) is 4.66. The van der Waals surface area contributed by atoms with Crippen molar-refractivity contribution < 1.29 is 14.3 Å². The van der Waals surface area contributed by atoms with Crippen LogP contribution < -0.4 is 5.32 Å². The Morgan fingerprint density at radius 1 is 1.15 bits per heavy atom. The summed E-state index contributed by atoms with van der Waals surface area (Å²) in [7, 11) is 1.32. The molecule has 0 bridgehead atoms. The second kappa shape index (κ2) is 6.19. The van der Waals surface area contributed by atoms with Crippen LogP contribution in [0.4, 0.5) is 0 Å². The molecule has 0 aromatic heterocycles. The van der Waals surface area contributed by atoms with Gasteiger partial charge < -0.3 is 10.1 Å². The fourth-order valence-electron chi connectivity index (χ4n) is 2.18. The van der Waals surface area contributed by atoms with Crippen LogP contribution in [0.1, 0.15) is 12.5 Å². The minimum atomic E-state index is -0.654. The second-order valence-electron chi connectivity index (χ2n) is 4.66. The zero-order valence-corrected chi connectivity index (χ0v) is 11.6. The molecule has 1 N–H and O–H groups in total. The summed E-state index contributed by atoms with van der Waals surface area (Å²) in [6.07, 6.45) is 0.414. The minimum Gasteiger partial charge on any atom is -0.467 e. The van der Waals surface area contributed by atoms with E-state index >= 15 is 0 Å². The summed E-state index contributed by atoms with van der Waals surface area (Å²) in [6.45, 7) is 1.39. The maximum atomic E-state index is 11.7. The SMILES string of the molecule is COC(=O)[C@H](Cc1ccc2ccccc2c1)NC(C)=O. The minimum absolute atomic E-state index is 0.249. The van der Waals surface area contributed by atoms with Gasteiger partial charge in [0.1, 0.15) is 6.04 Å². The monoisotopic (exact) mass is 271 g/mol. The summed E-state index contributed by atoms with van der Waals surface area (Å²) < 4.78 is 4.72. The Kier molecular flexibility index (Phi) is 4.35. The van der Waals surface area contributed by atoms with Crippen molar-refractivity contribution in [2.24, 2.45) is 0 Å². The van der Waals surface area contributed by atoms with E-state index in [1.807, 2.05) is 42.5 Å². The first-order valence-corrected chi connectivity index (χ1v) is 6.43. The Labute approximate surface area is 117 Å². The summed E-state index contributed by atoms with van der Waals surface area (Å²) >= 11 is 0. The molecule has 0 radical (unpaired) electrons. The molecule has 0 saturated heterocycles. The van der Waals surface area contributed by atoms with Gasteiger partial charge in [-0.15, -0.1) is 0 Å². The van der Waals surface area contributed by atoms with E-state index < -0.39 is 12.0 Å². The van der Waals surface area contributed by atoms with Crippen molar-refractivity contribution in [3.05, 3.63) is 48.0 Å². The molecule has 0 aliphatic heterocycles. The van der Waals surface area contributed by atoms with Gasteiger partial charge in [0.05, 0.1) is 7.11 Å². The molecule has 0 aliphatic rings. The fourth-order valence-corrected chi connectivity index (χ4v) is 2.18. The maximum absolute atomic E-state index is 11.7. The molecule has 20 heavy (non-hydrogen) atoms. The molecular formula is C16H17NO3. The van der Waals surface area contributed by atoms with Crippen LogP contribution in [0.2, 0.25) is 0 Å². The fraction of sp³-hybridized carbons (Fsp3) is 0.250. The van der Waals surface area contributed by atoms with Gasteiger partial charge in [-0.1, -0.05) is 42.5 Å². The molecule has 0 fully saturated rings. The van der Waals surface area contributed by atoms with Crippen molar-refractivity contribution in [3.63, 3.8) is 0 Å². The van der Waals surface area contributed by atoms with Gasteiger partial charge in [-0.3, -0.25) is 4.79 Å². The normalized spacial score (nSPS) is 11.9. The van der Waals surface area contributed by atoms with Crippen LogP contribution in [0.15, 0.2) is 42.5 Å². The first kappa shape index (κ1) is 14.1. The Balaban J connectivity index is 2.23. The first-order valence-electron chi connectivity index (χ1n) is 6.43. The molecule has 0 unspecified atom stereocenters. The highest BCUT2D eigenvalue weighted by Gasteiger charge is 2.20. The zero-order valence-electron chi connectivity index (χ0n) is 11.6. The molecule has 1 amide bonds. The molecule has 2 aromatic carbocycles. The Morgan fingerprint density at radius 3 is 2.50 bits per heavy atom. The number of hydrogen-bond acceptors (Lipinski definition) is 3. The van der Waals surface area contributed by atoms with Crippen LogP contribution in [0.25, 0.3) is 10.8 Å². The molecule has 2 aromatic rings. The molecule has 0 heterocycles. The number of rotatable bonds is 4. The van der Waals surface area contributed by atoms with Gasteiger partial charge in [0.25, 0.3) is 0 Å². The molecule has 0 aliphatic carbocycles. The van der Waals surface area contributed by atoms with E-state index in [2.05, 4.69) is 5.32 Å². The summed E-state index contributed by atoms with van der Waals surface area (Å²) in [5.41, 5.74) is 0.979. The van der Waals surface area contributed by atoms with E-state index in [1.165, 1.54) is 14.0 Å². The average molecular weight is 271 g/mol. The van der Waals surface area contributed by atoms with Crippen molar-refractivity contribution in [1.29, 1.82) is 0 Å². The topological polar surface area (TPSA) is 55.4 Å². The quantitative estimate of drug-likeness (QED) is 0.866. The van der Waals surface area contributed by atoms with Gasteiger partial charge in [0.2, 0.25) is 5.91 Å². The van der Waals surface area contributed by atoms with Crippen LogP contribution in [0.3, 0.4) is 0 Å². The number of fused-ring (bicyclic) bond motifs is 1. The number of carbonyl (C=O) groups is 2. The highest BCUT2D eigenvalue weighted by atomic mass is 16.5. The number of ether oxygens (including phenoxy) is 1. The number of nitrogens with one attached hydrogen (secondary N) is 1. The van der Waals surface area contributed by atoms with Crippen LogP contribution >= 0.6 is 0 Å². The van der Waals surface area contributed by atoms with Crippen LogP contribution in [-0.2, 0) is 20.7 Å². The number of benzene rings is 2. The van der Waals surface area contributed by atoms with Crippen LogP contribution in [0.5, 0.6) is 0 Å². The number of amides is 1. The van der Waals surface area contributed by atoms with E-state index in [4.69, 9.17) is 4.74 Å². The molecule has 1 atom stereocenters. The zero-order chi connectivity index (χ0) is 14.5. The Hall–Kier alpha value is -2.36. The highest BCUT2D eigenvalue weighted by molar-refractivity contribution is 5.85. The van der Waals surface area contributed by atoms with Gasteiger partial charge in [-0.25, -0.2) is 4.79 Å². The van der Waals surface area contributed by atoms with Gasteiger partial charge >= 0.3 is 5.97 Å². The molecule has 0 saturated carbocycles. The lowest BCUT2D eigenvalue weighted by molar-refractivity contribution is -0.144. The summed E-state index contributed by atoms with van der Waals surface area (Å²) in [4.78, 5) is 22.8. The van der Waals surface area contributed by atoms with Gasteiger partial charge in [0.15, 0.2) is 0 Å². The lowest BCUT2D eigenvalue weighted by Gasteiger charge is -2.15. The predicted molar refractivity (Wildman–Crippen MR) is 77.3 cm³/mol. The lowest BCUT2D eigenvalue weighted by Crippen LogP contribution is -2.41. The first-order chi connectivity index (χ1) is 9.60. The molecule has 2 rings (SSSR count). The van der Waals surface area contributed by atoms with Crippen molar-refractivity contribution in [2.75, 3.05) is 7.11 Å². The lowest BCUT2D eigenvalue weighted by atomic mass is 10.0. The standard InChI is InChI=1S/C16H17NO3/c1-11(18)17-15(16(19)20-2)10-12-7-8-13-5-3-4-6-14(13)9-12/h3-9,15H,10H2,1-2H3,(H,17,18)/t15-/m0/s1. The number of methoxy groups -OCH3 is 1. The predicted octanol–water partition coefficient (Wildman–Crippen LogP) is 2.06. The van der Waals surface area contributed by atoms with E-state index in [-0.39, 0.29) is 5.91 Å². The molecule has 4 heteroatoms. The molecule has 4 nitrogen and oxygen atoms in total. The maximum Gasteiger partial charge on any atom is 0.328 e. The summed E-state index contributed by atoms with van der Waals surface area (Å²) in [6, 6.07) is 13.3. The van der Waals surface area contributed by atoms with Gasteiger partial charge in [0, 0.05) is 13.3 Å². The smallest absolute Gasteiger partial charge is 0.328 e. The molecule has 104 valence electrons. The van der Waals surface area contributed by atoms with Gasteiger partial charge in [-0.05, 0) is 16.3 Å². The molecular weight excluding hydrogens is 254 g/mol. The number of esters is 1. The largest absolute Gasteiger partial charge is 0.467 e.